The monoisotopic (exact) mass is 1180 g/mol. The molecule has 0 radical (unpaired) electrons. The third-order valence-corrected chi connectivity index (χ3v) is 15.8. The number of aromatic amines is 1. The summed E-state index contributed by atoms with van der Waals surface area (Å²) in [5, 5.41) is 26.3. The Morgan fingerprint density at radius 1 is 0.821 bits per heavy atom. The molecular formula is C59H75FN12O11S. The maximum absolute atomic E-state index is 15.6. The molecule has 2 aliphatic heterocycles. The molecule has 2 aromatic carbocycles. The average molecular weight is 1180 g/mol. The molecule has 0 unspecified atom stereocenters. The number of benzene rings is 2. The first kappa shape index (κ1) is 61.3. The van der Waals surface area contributed by atoms with Crippen molar-refractivity contribution in [2.24, 2.45) is 5.41 Å². The number of nitrogens with one attached hydrogen (secondary N) is 4. The summed E-state index contributed by atoms with van der Waals surface area (Å²) < 4.78 is 45.5. The molecule has 2 saturated heterocycles. The van der Waals surface area contributed by atoms with Gasteiger partial charge in [0, 0.05) is 81.5 Å². The molecule has 5 N–H and O–H groups in total. The first-order chi connectivity index (χ1) is 40.6. The second-order valence-electron chi connectivity index (χ2n) is 22.1. The predicted octanol–water partition coefficient (Wildman–Crippen LogP) is 5.27. The van der Waals surface area contributed by atoms with Gasteiger partial charge in [-0.1, -0.05) is 45.0 Å². The van der Waals surface area contributed by atoms with Gasteiger partial charge < -0.3 is 59.4 Å². The molecular weight excluding hydrogens is 1100 g/mol. The van der Waals surface area contributed by atoms with Crippen LogP contribution in [0, 0.1) is 18.2 Å². The third kappa shape index (κ3) is 16.3. The second-order valence-corrected chi connectivity index (χ2v) is 23.0. The third-order valence-electron chi connectivity index (χ3n) is 14.8. The SMILES string of the molecule is Cc1ncsc1-c1ccc(CNC(=O)[C@@H]2C[C@@H](O)CN2C(=O)[C@@H](NC(=O)CCOCCOCCOCCOCCOCCC(=O)N2CCN(C(=O)c3ccc(Nc4nc(C5CC5)cn5c(-c6cn[nH]c6)cnc45)c(F)c3)CC2)C(C)(C)C)cc1. The molecule has 6 heterocycles. The molecule has 0 bridgehead atoms. The number of imidazole rings is 1. The molecule has 1 aliphatic carbocycles. The minimum atomic E-state index is -0.946. The van der Waals surface area contributed by atoms with Crippen LogP contribution in [-0.2, 0) is 49.4 Å². The normalized spacial score (nSPS) is 16.8. The summed E-state index contributed by atoms with van der Waals surface area (Å²) in [5.41, 5.74) is 7.50. The number of hydrogen-bond donors (Lipinski definition) is 5. The van der Waals surface area contributed by atoms with Crippen LogP contribution in [0.15, 0.2) is 72.8 Å². The molecule has 23 nitrogen and oxygen atoms in total. The number of anilines is 2. The van der Waals surface area contributed by atoms with Crippen LogP contribution >= 0.6 is 11.3 Å². The number of nitrogens with zero attached hydrogens (tertiary/aromatic N) is 8. The molecule has 3 fully saturated rings. The maximum Gasteiger partial charge on any atom is 0.254 e. The van der Waals surface area contributed by atoms with Crippen molar-refractivity contribution in [3.63, 3.8) is 0 Å². The number of aryl methyl sites for hydroxylation is 1. The van der Waals surface area contributed by atoms with Crippen molar-refractivity contribution in [2.75, 3.05) is 104 Å². The maximum atomic E-state index is 15.6. The van der Waals surface area contributed by atoms with E-state index >= 15 is 4.39 Å². The molecule has 450 valence electrons. The van der Waals surface area contributed by atoms with Crippen LogP contribution in [0.25, 0.3) is 27.3 Å². The summed E-state index contributed by atoms with van der Waals surface area (Å²) in [6.07, 6.45) is 8.68. The predicted molar refractivity (Wildman–Crippen MR) is 310 cm³/mol. The number of carbonyl (C=O) groups is 5. The highest BCUT2D eigenvalue weighted by atomic mass is 32.1. The summed E-state index contributed by atoms with van der Waals surface area (Å²) in [5.74, 6) is -1.43. The second kappa shape index (κ2) is 29.0. The Labute approximate surface area is 490 Å². The lowest BCUT2D eigenvalue weighted by Gasteiger charge is -2.35. The van der Waals surface area contributed by atoms with Crippen molar-refractivity contribution in [1.82, 2.24) is 54.9 Å². The summed E-state index contributed by atoms with van der Waals surface area (Å²) in [7, 11) is 0. The van der Waals surface area contributed by atoms with Crippen LogP contribution in [-0.4, -0.2) is 196 Å². The van der Waals surface area contributed by atoms with Crippen molar-refractivity contribution in [3.8, 4) is 21.7 Å². The quantitative estimate of drug-likeness (QED) is 0.0375. The number of H-pyrrole nitrogens is 1. The number of aliphatic hydroxyl groups is 1. The Balaban J connectivity index is 0.572. The highest BCUT2D eigenvalue weighted by molar-refractivity contribution is 7.13. The van der Waals surface area contributed by atoms with Crippen LogP contribution in [0.4, 0.5) is 15.9 Å². The fraction of sp³-hybridized carbons (Fsp3) is 0.508. The number of ether oxygens (including phenoxy) is 5. The molecule has 6 aromatic rings. The fourth-order valence-corrected chi connectivity index (χ4v) is 10.8. The van der Waals surface area contributed by atoms with Gasteiger partial charge in [0.1, 0.15) is 17.9 Å². The van der Waals surface area contributed by atoms with Crippen LogP contribution in [0.1, 0.15) is 86.1 Å². The Morgan fingerprint density at radius 3 is 2.08 bits per heavy atom. The van der Waals surface area contributed by atoms with Gasteiger partial charge in [-0.05, 0) is 54.5 Å². The van der Waals surface area contributed by atoms with Crippen molar-refractivity contribution in [3.05, 3.63) is 101 Å². The van der Waals surface area contributed by atoms with Gasteiger partial charge >= 0.3 is 0 Å². The van der Waals surface area contributed by atoms with Crippen LogP contribution < -0.4 is 16.0 Å². The molecule has 9 rings (SSSR count). The number of β-amino-alcohol motifs (C(OH)–C–C–N with tert-alkyl or cyclic N) is 1. The van der Waals surface area contributed by atoms with Crippen molar-refractivity contribution < 1.29 is 57.2 Å². The zero-order valence-electron chi connectivity index (χ0n) is 48.0. The van der Waals surface area contributed by atoms with Crippen molar-refractivity contribution >= 4 is 58.0 Å². The molecule has 3 aliphatic rings. The Morgan fingerprint density at radius 2 is 1.48 bits per heavy atom. The van der Waals surface area contributed by atoms with Crippen LogP contribution in [0.3, 0.4) is 0 Å². The molecule has 25 heteroatoms. The molecule has 84 heavy (non-hydrogen) atoms. The molecule has 0 spiro atoms. The number of rotatable bonds is 29. The summed E-state index contributed by atoms with van der Waals surface area (Å²) >= 11 is 1.57. The smallest absolute Gasteiger partial charge is 0.254 e. The van der Waals surface area contributed by atoms with E-state index in [0.717, 1.165) is 51.5 Å². The Bertz CT molecular complexity index is 3180. The number of halogens is 1. The number of carbonyl (C=O) groups excluding carboxylic acids is 5. The highest BCUT2D eigenvalue weighted by Gasteiger charge is 2.44. The highest BCUT2D eigenvalue weighted by Crippen LogP contribution is 2.41. The van der Waals surface area contributed by atoms with E-state index in [4.69, 9.17) is 28.7 Å². The minimum Gasteiger partial charge on any atom is -0.391 e. The van der Waals surface area contributed by atoms with E-state index in [2.05, 4.69) is 36.1 Å². The Kier molecular flexibility index (Phi) is 21.2. The lowest BCUT2D eigenvalue weighted by atomic mass is 9.85. The number of aliphatic hydroxyl groups excluding tert-OH is 1. The van der Waals surface area contributed by atoms with E-state index in [0.29, 0.717) is 83.2 Å². The first-order valence-corrected chi connectivity index (χ1v) is 29.4. The number of likely N-dealkylation sites (tertiary alicyclic amines) is 1. The standard InChI is InChI=1S/C59H75FN12O11S/c1-38-52(84-37-63-38)41-7-5-39(6-8-41)31-62-56(76)48-30-44(73)35-72(48)58(78)53(59(2,3)4)68-50(74)13-19-79-21-23-81-25-27-83-28-26-82-24-22-80-20-14-51(75)69-15-17-70(18-16-69)57(77)42-11-12-46(45(60)29-42)66-54-55-61-34-49(43-32-64-65-33-43)71(55)36-47(67-54)40-9-10-40/h5-8,11-12,29,32-34,36-37,40,44,48,53,73H,9-10,13-28,30-31,35H2,1-4H3,(H,62,76)(H,64,65)(H,66,67)(H,68,74)/t44-,48+,53-/m1/s1. The lowest BCUT2D eigenvalue weighted by molar-refractivity contribution is -0.144. The van der Waals surface area contributed by atoms with Gasteiger partial charge in [-0.15, -0.1) is 11.3 Å². The largest absolute Gasteiger partial charge is 0.391 e. The van der Waals surface area contributed by atoms with Gasteiger partial charge in [0.25, 0.3) is 5.91 Å². The van der Waals surface area contributed by atoms with Gasteiger partial charge in [0.2, 0.25) is 23.6 Å². The van der Waals surface area contributed by atoms with Gasteiger partial charge in [0.05, 0.1) is 124 Å². The van der Waals surface area contributed by atoms with Gasteiger partial charge in [0.15, 0.2) is 11.5 Å². The van der Waals surface area contributed by atoms with E-state index in [1.54, 1.807) is 45.8 Å². The van der Waals surface area contributed by atoms with Crippen molar-refractivity contribution in [2.45, 2.75) is 90.4 Å². The van der Waals surface area contributed by atoms with E-state index in [9.17, 15) is 29.1 Å². The van der Waals surface area contributed by atoms with Crippen LogP contribution in [0.2, 0.25) is 0 Å². The van der Waals surface area contributed by atoms with Gasteiger partial charge in [-0.3, -0.25) is 33.5 Å². The van der Waals surface area contributed by atoms with Gasteiger partial charge in [-0.25, -0.2) is 19.3 Å². The summed E-state index contributed by atoms with van der Waals surface area (Å²) in [6, 6.07) is 10.4. The number of thiazole rings is 1. The molecule has 4 aromatic heterocycles. The minimum absolute atomic E-state index is 0.00778. The zero-order chi connectivity index (χ0) is 59.2. The summed E-state index contributed by atoms with van der Waals surface area (Å²) in [6.45, 7) is 11.9. The fourth-order valence-electron chi connectivity index (χ4n) is 9.97. The average Bonchev–Trinajstić information content (AvgIpc) is 4.07. The number of piperazine rings is 1. The number of hydrogen-bond acceptors (Lipinski definition) is 17. The van der Waals surface area contributed by atoms with Crippen LogP contribution in [0.5, 0.6) is 0 Å². The topological polar surface area (TPSA) is 269 Å². The number of amides is 5. The zero-order valence-corrected chi connectivity index (χ0v) is 48.8. The molecule has 3 atom stereocenters. The number of aromatic nitrogens is 6. The lowest BCUT2D eigenvalue weighted by Crippen LogP contribution is -2.57. The molecule has 5 amide bonds. The van der Waals surface area contributed by atoms with E-state index in [1.807, 2.05) is 68.1 Å². The van der Waals surface area contributed by atoms with E-state index in [1.165, 1.54) is 17.0 Å². The van der Waals surface area contributed by atoms with E-state index < -0.39 is 35.3 Å². The Hall–Kier alpha value is -7.26. The summed E-state index contributed by atoms with van der Waals surface area (Å²) in [4.78, 5) is 86.3. The molecule has 1 saturated carbocycles. The van der Waals surface area contributed by atoms with Gasteiger partial charge in [-0.2, -0.15) is 5.10 Å². The van der Waals surface area contributed by atoms with E-state index in [-0.39, 0.29) is 93.7 Å². The van der Waals surface area contributed by atoms with Crippen molar-refractivity contribution in [1.29, 1.82) is 0 Å². The first-order valence-electron chi connectivity index (χ1n) is 28.6. The number of fused-ring (bicyclic) bond motifs is 1.